The summed E-state index contributed by atoms with van der Waals surface area (Å²) in [5, 5.41) is 10.2. The molecule has 1 aromatic carbocycles. The number of nitrogens with zero attached hydrogens (tertiary/aromatic N) is 5. The third-order valence-electron chi connectivity index (χ3n) is 6.20. The van der Waals surface area contributed by atoms with Crippen molar-refractivity contribution in [3.8, 4) is 11.3 Å². The smallest absolute Gasteiger partial charge is 0.335 e. The number of carboxylic acid groups (broad SMARTS) is 1. The van der Waals surface area contributed by atoms with Crippen molar-refractivity contribution >= 4 is 28.8 Å². The molecular formula is C24H27N5O4. The first-order valence-electron chi connectivity index (χ1n) is 11.2. The number of hydrogen-bond acceptors (Lipinski definition) is 8. The van der Waals surface area contributed by atoms with Gasteiger partial charge in [-0.25, -0.2) is 9.78 Å². The molecule has 0 radical (unpaired) electrons. The number of benzene rings is 1. The molecule has 5 rings (SSSR count). The maximum atomic E-state index is 11.4. The van der Waals surface area contributed by atoms with E-state index in [0.717, 1.165) is 23.3 Å². The summed E-state index contributed by atoms with van der Waals surface area (Å²) < 4.78 is 11.2. The maximum Gasteiger partial charge on any atom is 0.335 e. The Balaban J connectivity index is 1.65. The minimum absolute atomic E-state index is 0.154. The third-order valence-corrected chi connectivity index (χ3v) is 6.20. The lowest BCUT2D eigenvalue weighted by molar-refractivity contribution is 0.0697. The Bertz CT molecular complexity index is 1190. The van der Waals surface area contributed by atoms with Crippen molar-refractivity contribution in [2.45, 2.75) is 25.9 Å². The van der Waals surface area contributed by atoms with Crippen LogP contribution in [0, 0.1) is 0 Å². The first-order valence-corrected chi connectivity index (χ1v) is 11.2. The Labute approximate surface area is 192 Å². The van der Waals surface area contributed by atoms with Crippen LogP contribution in [-0.4, -0.2) is 77.6 Å². The van der Waals surface area contributed by atoms with Gasteiger partial charge in [0.2, 0.25) is 5.95 Å². The number of ether oxygens (including phenoxy) is 2. The van der Waals surface area contributed by atoms with Crippen LogP contribution in [0.2, 0.25) is 0 Å². The summed E-state index contributed by atoms with van der Waals surface area (Å²) >= 11 is 0. The van der Waals surface area contributed by atoms with Gasteiger partial charge in [0.25, 0.3) is 0 Å². The van der Waals surface area contributed by atoms with Crippen LogP contribution >= 0.6 is 0 Å². The van der Waals surface area contributed by atoms with Crippen molar-refractivity contribution in [1.29, 1.82) is 0 Å². The van der Waals surface area contributed by atoms with E-state index >= 15 is 0 Å². The Kier molecular flexibility index (Phi) is 5.82. The van der Waals surface area contributed by atoms with Crippen LogP contribution < -0.4 is 9.80 Å². The van der Waals surface area contributed by atoms with Crippen molar-refractivity contribution < 1.29 is 19.4 Å². The Morgan fingerprint density at radius 1 is 0.970 bits per heavy atom. The Morgan fingerprint density at radius 2 is 1.70 bits per heavy atom. The number of pyridine rings is 1. The number of aromatic nitrogens is 3. The summed E-state index contributed by atoms with van der Waals surface area (Å²) in [6, 6.07) is 11.0. The van der Waals surface area contributed by atoms with Gasteiger partial charge in [-0.15, -0.1) is 0 Å². The number of aromatic carboxylic acids is 1. The lowest BCUT2D eigenvalue weighted by atomic mass is 10.1. The van der Waals surface area contributed by atoms with Crippen LogP contribution in [0.25, 0.3) is 22.3 Å². The lowest BCUT2D eigenvalue weighted by Gasteiger charge is -2.37. The van der Waals surface area contributed by atoms with Gasteiger partial charge in [0.1, 0.15) is 5.82 Å². The molecule has 33 heavy (non-hydrogen) atoms. The first kappa shape index (κ1) is 21.5. The lowest BCUT2D eigenvalue weighted by Crippen LogP contribution is -2.46. The van der Waals surface area contributed by atoms with E-state index < -0.39 is 5.97 Å². The zero-order valence-corrected chi connectivity index (χ0v) is 18.8. The van der Waals surface area contributed by atoms with Gasteiger partial charge >= 0.3 is 5.97 Å². The average Bonchev–Trinajstić information content (AvgIpc) is 2.84. The van der Waals surface area contributed by atoms with Crippen molar-refractivity contribution in [1.82, 2.24) is 15.0 Å². The summed E-state index contributed by atoms with van der Waals surface area (Å²) in [6.45, 7) is 8.23. The summed E-state index contributed by atoms with van der Waals surface area (Å²) in [7, 11) is 0. The number of morpholine rings is 2. The largest absolute Gasteiger partial charge is 0.478 e. The van der Waals surface area contributed by atoms with Gasteiger partial charge in [-0.3, -0.25) is 0 Å². The molecule has 3 aromatic rings. The number of carboxylic acids is 1. The molecule has 2 fully saturated rings. The van der Waals surface area contributed by atoms with Crippen LogP contribution in [0.15, 0.2) is 36.4 Å². The average molecular weight is 450 g/mol. The number of rotatable bonds is 4. The van der Waals surface area contributed by atoms with Crippen LogP contribution in [0.1, 0.15) is 24.2 Å². The summed E-state index contributed by atoms with van der Waals surface area (Å²) in [6.07, 6.45) is 0. The standard InChI is InChI=1S/C24H27N5O4/c1-15-13-32-10-8-28(15)22-19-6-7-20(17-4-3-5-18(12-17)23(30)31)25-21(19)26-24(27-22)29-9-11-33-14-16(29)2/h3-7,12,15-16H,8-11,13-14H2,1-2H3,(H,30,31)/t15?,16-/m1/s1. The van der Waals surface area contributed by atoms with Crippen LogP contribution in [0.5, 0.6) is 0 Å². The molecule has 0 amide bonds. The number of hydrogen-bond donors (Lipinski definition) is 1. The highest BCUT2D eigenvalue weighted by atomic mass is 16.5. The van der Waals surface area contributed by atoms with E-state index in [0.29, 0.717) is 50.3 Å². The molecule has 0 bridgehead atoms. The molecule has 2 aromatic heterocycles. The monoisotopic (exact) mass is 449 g/mol. The van der Waals surface area contributed by atoms with E-state index in [1.165, 1.54) is 0 Å². The molecule has 9 nitrogen and oxygen atoms in total. The van der Waals surface area contributed by atoms with Crippen LogP contribution in [0.4, 0.5) is 11.8 Å². The van der Waals surface area contributed by atoms with Crippen molar-refractivity contribution in [3.63, 3.8) is 0 Å². The highest BCUT2D eigenvalue weighted by molar-refractivity contribution is 5.91. The molecule has 4 heterocycles. The molecule has 1 unspecified atom stereocenters. The molecule has 2 aliphatic heterocycles. The predicted molar refractivity (Wildman–Crippen MR) is 125 cm³/mol. The van der Waals surface area contributed by atoms with Gasteiger partial charge in [0.05, 0.1) is 55.2 Å². The van der Waals surface area contributed by atoms with E-state index in [1.54, 1.807) is 18.2 Å². The van der Waals surface area contributed by atoms with Crippen molar-refractivity contribution in [2.75, 3.05) is 49.3 Å². The fourth-order valence-electron chi connectivity index (χ4n) is 4.37. The molecule has 0 aliphatic carbocycles. The highest BCUT2D eigenvalue weighted by Gasteiger charge is 2.27. The fourth-order valence-corrected chi connectivity index (χ4v) is 4.37. The third kappa shape index (κ3) is 4.21. The molecule has 1 N–H and O–H groups in total. The molecular weight excluding hydrogens is 422 g/mol. The van der Waals surface area contributed by atoms with E-state index in [1.807, 2.05) is 18.2 Å². The topological polar surface area (TPSA) is 101 Å². The van der Waals surface area contributed by atoms with Crippen LogP contribution in [0.3, 0.4) is 0 Å². The molecule has 2 saturated heterocycles. The quantitative estimate of drug-likeness (QED) is 0.644. The van der Waals surface area contributed by atoms with Crippen LogP contribution in [-0.2, 0) is 9.47 Å². The molecule has 2 atom stereocenters. The number of carbonyl (C=O) groups is 1. The van der Waals surface area contributed by atoms with Gasteiger partial charge in [0, 0.05) is 18.7 Å². The van der Waals surface area contributed by atoms with Gasteiger partial charge in [-0.05, 0) is 38.1 Å². The first-order chi connectivity index (χ1) is 16.0. The summed E-state index contributed by atoms with van der Waals surface area (Å²) in [4.78, 5) is 30.5. The maximum absolute atomic E-state index is 11.4. The molecule has 0 saturated carbocycles. The van der Waals surface area contributed by atoms with E-state index in [2.05, 4.69) is 23.6 Å². The Hall–Kier alpha value is -3.30. The summed E-state index contributed by atoms with van der Waals surface area (Å²) in [5.74, 6) is 0.519. The van der Waals surface area contributed by atoms with E-state index in [9.17, 15) is 9.90 Å². The van der Waals surface area contributed by atoms with Gasteiger partial charge in [-0.2, -0.15) is 9.97 Å². The molecule has 2 aliphatic rings. The summed E-state index contributed by atoms with van der Waals surface area (Å²) in [5.41, 5.74) is 2.22. The minimum Gasteiger partial charge on any atom is -0.478 e. The zero-order valence-electron chi connectivity index (χ0n) is 18.8. The van der Waals surface area contributed by atoms with Gasteiger partial charge in [0.15, 0.2) is 5.65 Å². The van der Waals surface area contributed by atoms with E-state index in [-0.39, 0.29) is 17.6 Å². The predicted octanol–water partition coefficient (Wildman–Crippen LogP) is 2.84. The fraction of sp³-hybridized carbons (Fsp3) is 0.417. The van der Waals surface area contributed by atoms with Gasteiger partial charge < -0.3 is 24.4 Å². The SMILES string of the molecule is CC1COCCN1c1nc(N2CCOC[C@H]2C)nc2nc(-c3cccc(C(=O)O)c3)ccc12. The second-order valence-corrected chi connectivity index (χ2v) is 8.54. The van der Waals surface area contributed by atoms with Gasteiger partial charge in [-0.1, -0.05) is 12.1 Å². The normalized spacial score (nSPS) is 21.4. The number of fused-ring (bicyclic) bond motifs is 1. The second kappa shape index (κ2) is 8.92. The molecule has 0 spiro atoms. The Morgan fingerprint density at radius 3 is 2.39 bits per heavy atom. The van der Waals surface area contributed by atoms with E-state index in [4.69, 9.17) is 24.4 Å². The number of anilines is 2. The van der Waals surface area contributed by atoms with Crippen molar-refractivity contribution in [2.24, 2.45) is 0 Å². The highest BCUT2D eigenvalue weighted by Crippen LogP contribution is 2.31. The minimum atomic E-state index is -0.966. The second-order valence-electron chi connectivity index (χ2n) is 8.54. The zero-order chi connectivity index (χ0) is 22.9. The molecule has 172 valence electrons. The van der Waals surface area contributed by atoms with Crippen molar-refractivity contribution in [3.05, 3.63) is 42.0 Å². The molecule has 9 heteroatoms.